The van der Waals surface area contributed by atoms with Crippen LogP contribution in [-0.4, -0.2) is 5.96 Å². The number of nitrogens with two attached hydrogens (primary N) is 2. The van der Waals surface area contributed by atoms with Gasteiger partial charge in [-0.2, -0.15) is 10.5 Å². The van der Waals surface area contributed by atoms with Crippen LogP contribution in [0.25, 0.3) is 0 Å². The van der Waals surface area contributed by atoms with Crippen molar-refractivity contribution in [1.82, 2.24) is 5.32 Å². The summed E-state index contributed by atoms with van der Waals surface area (Å²) in [4.78, 5) is 0. The van der Waals surface area contributed by atoms with Crippen LogP contribution in [0, 0.1) is 28.3 Å². The highest BCUT2D eigenvalue weighted by Gasteiger charge is 1.73. The number of nitrogens with one attached hydrogen (secondary N) is 2. The Kier molecular flexibility index (Phi) is 10.6. The van der Waals surface area contributed by atoms with E-state index < -0.39 is 0 Å². The predicted molar refractivity (Wildman–Crippen MR) is 30.5 cm³/mol. The summed E-state index contributed by atoms with van der Waals surface area (Å²) in [5.74, 6) is -0.322. The van der Waals surface area contributed by atoms with Gasteiger partial charge < -0.3 is 11.5 Å². The lowest BCUT2D eigenvalue weighted by Gasteiger charge is -1.82. The highest BCUT2D eigenvalue weighted by Crippen LogP contribution is 1.37. The van der Waals surface area contributed by atoms with Gasteiger partial charge in [0.25, 0.3) is 0 Å². The van der Waals surface area contributed by atoms with Crippen molar-refractivity contribution in [2.75, 3.05) is 0 Å². The molecule has 9 heavy (non-hydrogen) atoms. The van der Waals surface area contributed by atoms with Crippen molar-refractivity contribution in [2.24, 2.45) is 11.5 Å². The second kappa shape index (κ2) is 9.41. The van der Waals surface area contributed by atoms with Crippen LogP contribution in [0.3, 0.4) is 0 Å². The standard InChI is InChI=1S/C2H4N4.CH2N2/c3-1-6-2(4)5;2-1-3/h(H4,4,5,6);2H2. The van der Waals surface area contributed by atoms with E-state index in [2.05, 4.69) is 11.5 Å². The predicted octanol–water partition coefficient (Wildman–Crippen LogP) is -1.62. The molecular formula is C3H6N6. The molecule has 0 fully saturated rings. The van der Waals surface area contributed by atoms with Crippen molar-refractivity contribution in [3.05, 3.63) is 0 Å². The van der Waals surface area contributed by atoms with E-state index >= 15 is 0 Å². The largest absolute Gasteiger partial charge is 0.369 e. The molecule has 0 saturated carbocycles. The lowest BCUT2D eigenvalue weighted by Crippen LogP contribution is -2.25. The lowest BCUT2D eigenvalue weighted by atomic mass is 11.0. The van der Waals surface area contributed by atoms with Crippen molar-refractivity contribution in [1.29, 1.82) is 15.9 Å². The monoisotopic (exact) mass is 126 g/mol. The zero-order valence-corrected chi connectivity index (χ0v) is 4.55. The van der Waals surface area contributed by atoms with Gasteiger partial charge in [-0.1, -0.05) is 0 Å². The summed E-state index contributed by atoms with van der Waals surface area (Å²) in [6, 6.07) is 0. The van der Waals surface area contributed by atoms with Crippen LogP contribution in [0.4, 0.5) is 0 Å². The van der Waals surface area contributed by atoms with E-state index in [0.717, 1.165) is 0 Å². The lowest BCUT2D eigenvalue weighted by molar-refractivity contribution is 1.19. The second-order valence-corrected chi connectivity index (χ2v) is 0.780. The maximum absolute atomic E-state index is 7.65. The number of hydrogen-bond donors (Lipinski definition) is 4. The van der Waals surface area contributed by atoms with Crippen LogP contribution in [0.15, 0.2) is 0 Å². The van der Waals surface area contributed by atoms with E-state index in [-0.39, 0.29) is 5.96 Å². The first-order valence-electron chi connectivity index (χ1n) is 1.77. The zero-order valence-electron chi connectivity index (χ0n) is 4.55. The third kappa shape index (κ3) is 90.0. The molecule has 0 spiro atoms. The van der Waals surface area contributed by atoms with E-state index in [0.29, 0.717) is 0 Å². The molecule has 0 aromatic heterocycles. The molecular weight excluding hydrogens is 120 g/mol. The van der Waals surface area contributed by atoms with E-state index in [4.69, 9.17) is 15.9 Å². The molecule has 6 heteroatoms. The minimum absolute atomic E-state index is 0.322. The third-order valence-corrected chi connectivity index (χ3v) is 0.191. The van der Waals surface area contributed by atoms with E-state index in [9.17, 15) is 0 Å². The van der Waals surface area contributed by atoms with Crippen molar-refractivity contribution in [3.8, 4) is 12.4 Å². The maximum Gasteiger partial charge on any atom is 0.199 e. The Bertz CT molecular complexity index is 147. The van der Waals surface area contributed by atoms with Crippen LogP contribution >= 0.6 is 0 Å². The fraction of sp³-hybridized carbons (Fsp3) is 0. The third-order valence-electron chi connectivity index (χ3n) is 0.191. The second-order valence-electron chi connectivity index (χ2n) is 0.780. The van der Waals surface area contributed by atoms with Gasteiger partial charge >= 0.3 is 0 Å². The van der Waals surface area contributed by atoms with Gasteiger partial charge in [0.05, 0.1) is 0 Å². The molecule has 0 unspecified atom stereocenters. The normalized spacial score (nSPS) is 4.67. The zero-order chi connectivity index (χ0) is 7.70. The van der Waals surface area contributed by atoms with E-state index in [1.54, 1.807) is 0 Å². The average molecular weight is 126 g/mol. The molecule has 0 aromatic rings. The van der Waals surface area contributed by atoms with Crippen molar-refractivity contribution in [3.63, 3.8) is 0 Å². The molecule has 0 aliphatic rings. The Morgan fingerprint density at radius 3 is 1.89 bits per heavy atom. The first-order valence-corrected chi connectivity index (χ1v) is 1.77. The Balaban J connectivity index is 0. The van der Waals surface area contributed by atoms with Gasteiger partial charge in [-0.05, 0) is 0 Å². The van der Waals surface area contributed by atoms with Gasteiger partial charge in [-0.3, -0.25) is 10.7 Å². The molecule has 0 rings (SSSR count). The molecule has 0 saturated heterocycles. The van der Waals surface area contributed by atoms with Crippen LogP contribution in [0.2, 0.25) is 0 Å². The van der Waals surface area contributed by atoms with Gasteiger partial charge in [0.15, 0.2) is 18.3 Å². The number of guanidine groups is 1. The van der Waals surface area contributed by atoms with E-state index in [1.807, 2.05) is 5.32 Å². The Morgan fingerprint density at radius 2 is 1.89 bits per heavy atom. The molecule has 6 N–H and O–H groups in total. The quantitative estimate of drug-likeness (QED) is 0.134. The van der Waals surface area contributed by atoms with Gasteiger partial charge in [-0.15, -0.1) is 0 Å². The van der Waals surface area contributed by atoms with Gasteiger partial charge in [0, 0.05) is 0 Å². The molecule has 0 amide bonds. The molecule has 0 heterocycles. The Hall–Kier alpha value is -1.95. The average Bonchev–Trinajstić information content (AvgIpc) is 1.67. The number of hydrogen-bond acceptors (Lipinski definition) is 4. The summed E-state index contributed by atoms with van der Waals surface area (Å²) in [6.45, 7) is 0. The summed E-state index contributed by atoms with van der Waals surface area (Å²) in [6.07, 6.45) is 2.72. The van der Waals surface area contributed by atoms with Gasteiger partial charge in [0.1, 0.15) is 0 Å². The highest BCUT2D eigenvalue weighted by atomic mass is 15.0. The summed E-state index contributed by atoms with van der Waals surface area (Å²) in [5.41, 5.74) is 8.81. The summed E-state index contributed by atoms with van der Waals surface area (Å²) >= 11 is 0. The van der Waals surface area contributed by atoms with Crippen LogP contribution in [-0.2, 0) is 0 Å². The Morgan fingerprint density at radius 1 is 1.56 bits per heavy atom. The van der Waals surface area contributed by atoms with Gasteiger partial charge in [-0.25, -0.2) is 0 Å². The molecule has 0 aliphatic heterocycles. The minimum Gasteiger partial charge on any atom is -0.369 e. The summed E-state index contributed by atoms with van der Waals surface area (Å²) < 4.78 is 0. The first-order chi connectivity index (χ1) is 4.18. The van der Waals surface area contributed by atoms with Crippen molar-refractivity contribution >= 4 is 5.96 Å². The molecule has 0 aromatic carbocycles. The number of rotatable bonds is 0. The number of nitriles is 2. The fourth-order valence-corrected chi connectivity index (χ4v) is 0.0602. The maximum atomic E-state index is 7.65. The highest BCUT2D eigenvalue weighted by molar-refractivity contribution is 5.75. The fourth-order valence-electron chi connectivity index (χ4n) is 0.0602. The smallest absolute Gasteiger partial charge is 0.199 e. The summed E-state index contributed by atoms with van der Waals surface area (Å²) in [7, 11) is 0. The van der Waals surface area contributed by atoms with Crippen LogP contribution in [0.1, 0.15) is 0 Å². The SMILES string of the molecule is N#CN.N#CNC(=N)N. The molecule has 48 valence electrons. The van der Waals surface area contributed by atoms with Crippen molar-refractivity contribution < 1.29 is 0 Å². The Labute approximate surface area is 52.2 Å². The minimum atomic E-state index is -0.322. The molecule has 0 atom stereocenters. The molecule has 0 bridgehead atoms. The molecule has 6 nitrogen and oxygen atoms in total. The molecule has 0 aliphatic carbocycles. The topological polar surface area (TPSA) is 136 Å². The first kappa shape index (κ1) is 10.1. The molecule has 0 radical (unpaired) electrons. The number of nitrogens with zero attached hydrogens (tertiary/aromatic N) is 2. The van der Waals surface area contributed by atoms with Crippen LogP contribution < -0.4 is 16.8 Å². The van der Waals surface area contributed by atoms with Gasteiger partial charge in [0.2, 0.25) is 0 Å². The van der Waals surface area contributed by atoms with Crippen molar-refractivity contribution in [2.45, 2.75) is 0 Å². The van der Waals surface area contributed by atoms with E-state index in [1.165, 1.54) is 12.4 Å². The summed E-state index contributed by atoms with van der Waals surface area (Å²) in [5, 5.41) is 23.0. The van der Waals surface area contributed by atoms with Crippen LogP contribution in [0.5, 0.6) is 0 Å².